The minimum atomic E-state index is -4.62. The Hall–Kier alpha value is -3.66. The molecule has 192 valence electrons. The summed E-state index contributed by atoms with van der Waals surface area (Å²) in [7, 11) is 2.64. The first-order valence-corrected chi connectivity index (χ1v) is 11.0. The summed E-state index contributed by atoms with van der Waals surface area (Å²) in [6, 6.07) is 10.5. The average Bonchev–Trinajstić information content (AvgIpc) is 2.85. The highest BCUT2D eigenvalue weighted by atomic mass is 19.4. The van der Waals surface area contributed by atoms with Crippen molar-refractivity contribution in [2.24, 2.45) is 0 Å². The molecule has 1 N–H and O–H groups in total. The van der Waals surface area contributed by atoms with Gasteiger partial charge in [-0.1, -0.05) is 6.07 Å². The minimum Gasteiger partial charge on any atom is -0.497 e. The number of pyridine rings is 1. The van der Waals surface area contributed by atoms with Gasteiger partial charge in [-0.3, -0.25) is 0 Å². The lowest BCUT2D eigenvalue weighted by Gasteiger charge is -2.17. The van der Waals surface area contributed by atoms with Crippen LogP contribution < -0.4 is 14.8 Å². The average molecular weight is 506 g/mol. The lowest BCUT2D eigenvalue weighted by molar-refractivity contribution is -0.137. The van der Waals surface area contributed by atoms with Gasteiger partial charge in [-0.05, 0) is 61.4 Å². The highest BCUT2D eigenvalue weighted by Crippen LogP contribution is 2.35. The first-order valence-electron chi connectivity index (χ1n) is 11.0. The zero-order chi connectivity index (χ0) is 26.5. The Morgan fingerprint density at radius 2 is 1.81 bits per heavy atom. The normalized spacial score (nSPS) is 12.2. The summed E-state index contributed by atoms with van der Waals surface area (Å²) < 4.78 is 69.8. The zero-order valence-corrected chi connectivity index (χ0v) is 20.2. The predicted molar refractivity (Wildman–Crippen MR) is 126 cm³/mol. The summed E-state index contributed by atoms with van der Waals surface area (Å²) in [5, 5.41) is 3.14. The van der Waals surface area contributed by atoms with Crippen molar-refractivity contribution in [1.82, 2.24) is 10.3 Å². The van der Waals surface area contributed by atoms with E-state index >= 15 is 0 Å². The fourth-order valence-corrected chi connectivity index (χ4v) is 3.50. The van der Waals surface area contributed by atoms with Gasteiger partial charge in [0.1, 0.15) is 23.9 Å². The molecule has 0 aliphatic rings. The topological polar surface area (TPSA) is 69.7 Å². The Labute approximate surface area is 206 Å². The maximum atomic E-state index is 13.8. The van der Waals surface area contributed by atoms with Gasteiger partial charge >= 0.3 is 12.1 Å². The molecule has 3 aromatic rings. The van der Waals surface area contributed by atoms with E-state index in [1.54, 1.807) is 19.1 Å². The fourth-order valence-electron chi connectivity index (χ4n) is 3.50. The molecule has 0 spiro atoms. The molecule has 3 rings (SSSR count). The maximum Gasteiger partial charge on any atom is 0.416 e. The molecule has 1 heterocycles. The van der Waals surface area contributed by atoms with Crippen molar-refractivity contribution in [2.75, 3.05) is 27.4 Å². The van der Waals surface area contributed by atoms with Crippen molar-refractivity contribution in [1.29, 1.82) is 0 Å². The van der Waals surface area contributed by atoms with Gasteiger partial charge in [0, 0.05) is 24.2 Å². The zero-order valence-electron chi connectivity index (χ0n) is 20.2. The summed E-state index contributed by atoms with van der Waals surface area (Å²) in [5.74, 6) is -0.755. The molecule has 0 fully saturated rings. The van der Waals surface area contributed by atoms with Crippen LogP contribution in [0.2, 0.25) is 0 Å². The van der Waals surface area contributed by atoms with Crippen LogP contribution in [0.15, 0.2) is 48.5 Å². The molecule has 0 unspecified atom stereocenters. The van der Waals surface area contributed by atoms with Crippen LogP contribution in [-0.2, 0) is 10.9 Å². The second-order valence-corrected chi connectivity index (χ2v) is 8.05. The lowest BCUT2D eigenvalue weighted by Crippen LogP contribution is -2.24. The van der Waals surface area contributed by atoms with Crippen LogP contribution in [0.5, 0.6) is 11.5 Å². The number of alkyl halides is 3. The SMILES string of the molecule is COC(=O)c1nc(-c2cc(OCCN[C@H](C)c3cc(F)cc(OC)c3)cc(C(F)(F)F)c2)ccc1C. The second kappa shape index (κ2) is 11.4. The summed E-state index contributed by atoms with van der Waals surface area (Å²) in [4.78, 5) is 16.2. The van der Waals surface area contributed by atoms with E-state index in [-0.39, 0.29) is 41.9 Å². The van der Waals surface area contributed by atoms with E-state index in [4.69, 9.17) is 14.2 Å². The van der Waals surface area contributed by atoms with Crippen LogP contribution in [0.1, 0.15) is 40.1 Å². The van der Waals surface area contributed by atoms with Crippen molar-refractivity contribution in [3.63, 3.8) is 0 Å². The van der Waals surface area contributed by atoms with Crippen LogP contribution in [0.4, 0.5) is 17.6 Å². The number of benzene rings is 2. The third-order valence-corrected chi connectivity index (χ3v) is 5.46. The van der Waals surface area contributed by atoms with E-state index in [0.29, 0.717) is 16.9 Å². The quantitative estimate of drug-likeness (QED) is 0.227. The van der Waals surface area contributed by atoms with Gasteiger partial charge in [0.05, 0.1) is 25.5 Å². The molecule has 0 saturated carbocycles. The number of aryl methyl sites for hydroxylation is 1. The van der Waals surface area contributed by atoms with Crippen molar-refractivity contribution in [3.05, 3.63) is 76.7 Å². The fraction of sp³-hybridized carbons (Fsp3) is 0.308. The van der Waals surface area contributed by atoms with Gasteiger partial charge in [0.25, 0.3) is 0 Å². The molecule has 0 radical (unpaired) electrons. The lowest BCUT2D eigenvalue weighted by atomic mass is 10.0. The van der Waals surface area contributed by atoms with Gasteiger partial charge in [-0.25, -0.2) is 14.2 Å². The van der Waals surface area contributed by atoms with E-state index in [1.807, 2.05) is 6.92 Å². The van der Waals surface area contributed by atoms with Crippen LogP contribution >= 0.6 is 0 Å². The Kier molecular flexibility index (Phi) is 8.52. The van der Waals surface area contributed by atoms with Gasteiger partial charge < -0.3 is 19.5 Å². The number of nitrogens with one attached hydrogen (secondary N) is 1. The molecule has 6 nitrogen and oxygen atoms in total. The van der Waals surface area contributed by atoms with E-state index < -0.39 is 23.5 Å². The van der Waals surface area contributed by atoms with E-state index in [9.17, 15) is 22.4 Å². The van der Waals surface area contributed by atoms with Crippen LogP contribution in [0.3, 0.4) is 0 Å². The number of nitrogens with zero attached hydrogens (tertiary/aromatic N) is 1. The number of carbonyl (C=O) groups is 1. The van der Waals surface area contributed by atoms with Gasteiger partial charge in [0.2, 0.25) is 0 Å². The van der Waals surface area contributed by atoms with Crippen molar-refractivity contribution in [2.45, 2.75) is 26.1 Å². The molecule has 36 heavy (non-hydrogen) atoms. The number of rotatable bonds is 9. The summed E-state index contributed by atoms with van der Waals surface area (Å²) in [6.07, 6.45) is -4.62. The number of aromatic nitrogens is 1. The number of carbonyl (C=O) groups excluding carboxylic acids is 1. The Balaban J connectivity index is 1.77. The number of ether oxygens (including phenoxy) is 3. The second-order valence-electron chi connectivity index (χ2n) is 8.05. The standard InChI is InChI=1S/C26H26F4N2O4/c1-15-5-6-23(32-24(15)25(33)35-4)18-9-19(26(28,29)30)13-22(12-18)36-8-7-31-16(2)17-10-20(27)14-21(11-17)34-3/h5-6,9-14,16,31H,7-8H2,1-4H3/t16-/m1/s1. The number of hydrogen-bond acceptors (Lipinski definition) is 6. The number of esters is 1. The third-order valence-electron chi connectivity index (χ3n) is 5.46. The largest absolute Gasteiger partial charge is 0.497 e. The Morgan fingerprint density at radius 1 is 1.06 bits per heavy atom. The molecular formula is C26H26F4N2O4. The monoisotopic (exact) mass is 506 g/mol. The van der Waals surface area contributed by atoms with Crippen molar-refractivity contribution < 1.29 is 36.6 Å². The number of hydrogen-bond donors (Lipinski definition) is 1. The number of methoxy groups -OCH3 is 2. The minimum absolute atomic E-state index is 0.0105. The highest BCUT2D eigenvalue weighted by molar-refractivity contribution is 5.89. The van der Waals surface area contributed by atoms with Gasteiger partial charge in [-0.15, -0.1) is 0 Å². The summed E-state index contributed by atoms with van der Waals surface area (Å²) in [5.41, 5.74) is 0.597. The van der Waals surface area contributed by atoms with Crippen LogP contribution in [0.25, 0.3) is 11.3 Å². The predicted octanol–water partition coefficient (Wildman–Crippen LogP) is 5.74. The smallest absolute Gasteiger partial charge is 0.416 e. The van der Waals surface area contributed by atoms with Gasteiger partial charge in [0.15, 0.2) is 5.69 Å². The van der Waals surface area contributed by atoms with E-state index in [2.05, 4.69) is 10.3 Å². The van der Waals surface area contributed by atoms with E-state index in [1.165, 1.54) is 38.5 Å². The molecule has 0 saturated heterocycles. The maximum absolute atomic E-state index is 13.8. The van der Waals surface area contributed by atoms with Crippen molar-refractivity contribution >= 4 is 5.97 Å². The highest BCUT2D eigenvalue weighted by Gasteiger charge is 2.32. The molecular weight excluding hydrogens is 480 g/mol. The molecule has 0 aliphatic heterocycles. The molecule has 10 heteroatoms. The van der Waals surface area contributed by atoms with E-state index in [0.717, 1.165) is 12.1 Å². The van der Waals surface area contributed by atoms with Gasteiger partial charge in [-0.2, -0.15) is 13.2 Å². The first-order chi connectivity index (χ1) is 17.0. The summed E-state index contributed by atoms with van der Waals surface area (Å²) >= 11 is 0. The first kappa shape index (κ1) is 26.9. The van der Waals surface area contributed by atoms with Crippen LogP contribution in [0, 0.1) is 12.7 Å². The Bertz CT molecular complexity index is 1230. The molecule has 0 amide bonds. The molecule has 0 aliphatic carbocycles. The number of halogens is 4. The van der Waals surface area contributed by atoms with Crippen LogP contribution in [-0.4, -0.2) is 38.3 Å². The molecule has 0 bridgehead atoms. The van der Waals surface area contributed by atoms with Crippen molar-refractivity contribution in [3.8, 4) is 22.8 Å². The summed E-state index contributed by atoms with van der Waals surface area (Å²) in [6.45, 7) is 3.79. The Morgan fingerprint density at radius 3 is 2.47 bits per heavy atom. The molecule has 1 aromatic heterocycles. The molecule has 1 atom stereocenters. The molecule has 2 aromatic carbocycles. The third kappa shape index (κ3) is 6.72.